The molecule has 0 atom stereocenters. The average Bonchev–Trinajstić information content (AvgIpc) is 2.77. The highest BCUT2D eigenvalue weighted by Crippen LogP contribution is 2.29. The molecule has 0 aliphatic carbocycles. The first-order chi connectivity index (χ1) is 15.5. The lowest BCUT2D eigenvalue weighted by Crippen LogP contribution is -2.36. The van der Waals surface area contributed by atoms with Crippen LogP contribution in [0.2, 0.25) is 0 Å². The number of amides is 1. The number of oxime groups is 1. The second kappa shape index (κ2) is 11.7. The van der Waals surface area contributed by atoms with E-state index in [4.69, 9.17) is 9.57 Å². The first-order valence-electron chi connectivity index (χ1n) is 10.7. The van der Waals surface area contributed by atoms with Crippen LogP contribution in [0.3, 0.4) is 0 Å². The Labute approximate surface area is 187 Å². The minimum atomic E-state index is -0.680. The van der Waals surface area contributed by atoms with Gasteiger partial charge in [0.15, 0.2) is 6.61 Å². The molecule has 1 aromatic rings. The molecular weight excluding hydrogens is 412 g/mol. The van der Waals surface area contributed by atoms with Crippen LogP contribution in [0, 0.1) is 0 Å². The maximum atomic E-state index is 12.6. The van der Waals surface area contributed by atoms with Crippen LogP contribution >= 0.6 is 0 Å². The zero-order valence-corrected chi connectivity index (χ0v) is 17.9. The van der Waals surface area contributed by atoms with E-state index in [1.165, 1.54) is 6.07 Å². The fraction of sp³-hybridized carbons (Fsp3) is 0.375. The molecule has 3 rings (SSSR count). The molecule has 8 heteroatoms. The number of allylic oxidation sites excluding steroid dienone is 3. The molecule has 8 nitrogen and oxygen atoms in total. The molecule has 1 amide bonds. The summed E-state index contributed by atoms with van der Waals surface area (Å²) in [5.74, 6) is -1.39. The van der Waals surface area contributed by atoms with Crippen molar-refractivity contribution in [3.8, 4) is 11.5 Å². The Morgan fingerprint density at radius 1 is 1.06 bits per heavy atom. The van der Waals surface area contributed by atoms with Crippen molar-refractivity contribution in [3.05, 3.63) is 59.7 Å². The minimum Gasteiger partial charge on any atom is -0.508 e. The number of phenols is 2. The molecule has 0 saturated carbocycles. The Morgan fingerprint density at radius 3 is 2.66 bits per heavy atom. The fourth-order valence-electron chi connectivity index (χ4n) is 3.43. The summed E-state index contributed by atoms with van der Waals surface area (Å²) in [7, 11) is 0. The van der Waals surface area contributed by atoms with E-state index in [9.17, 15) is 19.8 Å². The van der Waals surface area contributed by atoms with Gasteiger partial charge in [0.25, 0.3) is 5.91 Å². The SMILES string of the molecule is O=C1OCCC=CCCC=CC(=NOCC(=O)N2CC=CCC2)Cc2cc(O)cc(O)c21. The van der Waals surface area contributed by atoms with Gasteiger partial charge < -0.3 is 24.7 Å². The number of nitrogens with zero attached hydrogens (tertiary/aromatic N) is 2. The van der Waals surface area contributed by atoms with Gasteiger partial charge in [-0.25, -0.2) is 4.79 Å². The van der Waals surface area contributed by atoms with E-state index in [1.807, 2.05) is 30.4 Å². The van der Waals surface area contributed by atoms with Gasteiger partial charge in [0.1, 0.15) is 17.1 Å². The van der Waals surface area contributed by atoms with Gasteiger partial charge >= 0.3 is 5.97 Å². The third-order valence-corrected chi connectivity index (χ3v) is 5.03. The second-order valence-corrected chi connectivity index (χ2v) is 7.51. The maximum absolute atomic E-state index is 12.6. The minimum absolute atomic E-state index is 0.0267. The summed E-state index contributed by atoms with van der Waals surface area (Å²) in [6.45, 7) is 1.19. The Hall–Kier alpha value is -3.55. The predicted molar refractivity (Wildman–Crippen MR) is 120 cm³/mol. The summed E-state index contributed by atoms with van der Waals surface area (Å²) >= 11 is 0. The molecule has 2 N–H and O–H groups in total. The number of carbonyl (C=O) groups is 2. The van der Waals surface area contributed by atoms with Gasteiger partial charge in [0, 0.05) is 25.6 Å². The van der Waals surface area contributed by atoms with Crippen LogP contribution in [0.5, 0.6) is 11.5 Å². The number of hydrogen-bond donors (Lipinski definition) is 2. The highest BCUT2D eigenvalue weighted by atomic mass is 16.6. The fourth-order valence-corrected chi connectivity index (χ4v) is 3.43. The maximum Gasteiger partial charge on any atom is 0.342 e. The van der Waals surface area contributed by atoms with Gasteiger partial charge in [0.2, 0.25) is 0 Å². The largest absolute Gasteiger partial charge is 0.508 e. The van der Waals surface area contributed by atoms with Gasteiger partial charge in [-0.15, -0.1) is 0 Å². The van der Waals surface area contributed by atoms with E-state index in [0.29, 0.717) is 30.8 Å². The van der Waals surface area contributed by atoms with Gasteiger partial charge in [-0.05, 0) is 43.4 Å². The molecule has 170 valence electrons. The molecule has 0 radical (unpaired) electrons. The zero-order valence-electron chi connectivity index (χ0n) is 17.9. The summed E-state index contributed by atoms with van der Waals surface area (Å²) in [5, 5.41) is 24.3. The second-order valence-electron chi connectivity index (χ2n) is 7.51. The van der Waals surface area contributed by atoms with E-state index < -0.39 is 5.97 Å². The van der Waals surface area contributed by atoms with Gasteiger partial charge in [-0.1, -0.05) is 35.5 Å². The van der Waals surface area contributed by atoms with Crippen LogP contribution in [0.25, 0.3) is 0 Å². The van der Waals surface area contributed by atoms with E-state index >= 15 is 0 Å². The summed E-state index contributed by atoms with van der Waals surface area (Å²) in [5.41, 5.74) is 0.761. The molecule has 2 heterocycles. The summed E-state index contributed by atoms with van der Waals surface area (Å²) in [6, 6.07) is 2.48. The van der Waals surface area contributed by atoms with E-state index in [2.05, 4.69) is 5.16 Å². The number of phenolic OH excluding ortho intramolecular Hbond substituents is 2. The number of ether oxygens (including phenoxy) is 1. The van der Waals surface area contributed by atoms with Crippen molar-refractivity contribution in [2.45, 2.75) is 32.1 Å². The lowest BCUT2D eigenvalue weighted by molar-refractivity contribution is -0.135. The number of carbonyl (C=O) groups excluding carboxylic acids is 2. The molecular formula is C24H28N2O6. The number of esters is 1. The molecule has 2 aliphatic heterocycles. The van der Waals surface area contributed by atoms with Crippen LogP contribution in [-0.2, 0) is 20.8 Å². The number of rotatable bonds is 3. The van der Waals surface area contributed by atoms with Crippen molar-refractivity contribution in [1.82, 2.24) is 4.90 Å². The molecule has 0 saturated heterocycles. The molecule has 0 bridgehead atoms. The van der Waals surface area contributed by atoms with E-state index in [0.717, 1.165) is 25.3 Å². The number of aromatic hydroxyl groups is 2. The molecule has 0 unspecified atom stereocenters. The Kier molecular flexibility index (Phi) is 8.48. The van der Waals surface area contributed by atoms with Crippen molar-refractivity contribution >= 4 is 17.6 Å². The topological polar surface area (TPSA) is 109 Å². The third-order valence-electron chi connectivity index (χ3n) is 5.03. The van der Waals surface area contributed by atoms with Crippen molar-refractivity contribution < 1.29 is 29.4 Å². The Bertz CT molecular complexity index is 948. The van der Waals surface area contributed by atoms with Crippen LogP contribution < -0.4 is 0 Å². The predicted octanol–water partition coefficient (Wildman–Crippen LogP) is 3.25. The first-order valence-corrected chi connectivity index (χ1v) is 10.7. The Morgan fingerprint density at radius 2 is 1.84 bits per heavy atom. The first kappa shape index (κ1) is 23.1. The van der Waals surface area contributed by atoms with Crippen molar-refractivity contribution in [2.24, 2.45) is 5.16 Å². The highest BCUT2D eigenvalue weighted by molar-refractivity contribution is 6.00. The summed E-state index contributed by atoms with van der Waals surface area (Å²) < 4.78 is 5.27. The quantitative estimate of drug-likeness (QED) is 0.424. The van der Waals surface area contributed by atoms with Crippen LogP contribution in [0.4, 0.5) is 0 Å². The smallest absolute Gasteiger partial charge is 0.342 e. The summed E-state index contributed by atoms with van der Waals surface area (Å²) in [6.07, 6.45) is 14.7. The zero-order chi connectivity index (χ0) is 22.8. The lowest BCUT2D eigenvalue weighted by Gasteiger charge is -2.22. The van der Waals surface area contributed by atoms with Crippen molar-refractivity contribution in [2.75, 3.05) is 26.3 Å². The van der Waals surface area contributed by atoms with Crippen molar-refractivity contribution in [1.29, 1.82) is 0 Å². The number of benzene rings is 1. The van der Waals surface area contributed by atoms with Gasteiger partial charge in [0.05, 0.1) is 12.3 Å². The average molecular weight is 440 g/mol. The van der Waals surface area contributed by atoms with E-state index in [-0.39, 0.29) is 42.6 Å². The Balaban J connectivity index is 1.81. The molecule has 32 heavy (non-hydrogen) atoms. The molecule has 0 spiro atoms. The molecule has 0 aromatic heterocycles. The monoisotopic (exact) mass is 440 g/mol. The molecule has 1 aromatic carbocycles. The molecule has 0 fully saturated rings. The van der Waals surface area contributed by atoms with Gasteiger partial charge in [-0.3, -0.25) is 4.79 Å². The van der Waals surface area contributed by atoms with Crippen LogP contribution in [0.15, 0.2) is 53.7 Å². The standard InChI is InChI=1S/C24H28N2O6/c27-20-15-18-14-19(25-32-17-22(29)26-11-7-5-8-12-26)10-6-3-1-2-4-9-13-31-24(30)23(18)21(28)16-20/h2,4-7,10,15-16,27-28H,1,3,8-9,11-14,17H2. The van der Waals surface area contributed by atoms with Crippen LogP contribution in [-0.4, -0.2) is 59.0 Å². The highest BCUT2D eigenvalue weighted by Gasteiger charge is 2.21. The van der Waals surface area contributed by atoms with E-state index in [1.54, 1.807) is 11.0 Å². The molecule has 2 aliphatic rings. The normalized spacial score (nSPS) is 18.7. The van der Waals surface area contributed by atoms with Gasteiger partial charge in [-0.2, -0.15) is 0 Å². The number of cyclic esters (lactones) is 1. The lowest BCUT2D eigenvalue weighted by atomic mass is 10.00. The number of hydrogen-bond acceptors (Lipinski definition) is 7. The summed E-state index contributed by atoms with van der Waals surface area (Å²) in [4.78, 5) is 31.9. The van der Waals surface area contributed by atoms with Crippen LogP contribution in [0.1, 0.15) is 41.6 Å². The third kappa shape index (κ3) is 6.73. The number of fused-ring (bicyclic) bond motifs is 1. The van der Waals surface area contributed by atoms with Crippen molar-refractivity contribution in [3.63, 3.8) is 0 Å².